The Morgan fingerprint density at radius 2 is 1.71 bits per heavy atom. The molecule has 0 N–H and O–H groups in total. The van der Waals surface area contributed by atoms with Crippen LogP contribution in [-0.2, 0) is 17.6 Å². The third-order valence-corrected chi connectivity index (χ3v) is 4.70. The average molecular weight is 363 g/mol. The van der Waals surface area contributed by atoms with Crippen LogP contribution in [0.1, 0.15) is 44.7 Å². The van der Waals surface area contributed by atoms with Gasteiger partial charge in [-0.25, -0.2) is 4.79 Å². The van der Waals surface area contributed by atoms with E-state index in [1.807, 2.05) is 12.1 Å². The van der Waals surface area contributed by atoms with Crippen LogP contribution in [0.5, 0.6) is 0 Å². The summed E-state index contributed by atoms with van der Waals surface area (Å²) < 4.78 is 5.09. The first-order valence-electron chi connectivity index (χ1n) is 7.82. The number of hydrogen-bond donors (Lipinski definition) is 0. The highest BCUT2D eigenvalue weighted by Gasteiger charge is 2.16. The van der Waals surface area contributed by atoms with Crippen molar-refractivity contribution >= 4 is 35.0 Å². The Hall–Kier alpha value is -1.84. The van der Waals surface area contributed by atoms with Gasteiger partial charge < -0.3 is 4.74 Å². The number of esters is 1. The van der Waals surface area contributed by atoms with Gasteiger partial charge in [-0.05, 0) is 61.1 Å². The predicted octanol–water partition coefficient (Wildman–Crippen LogP) is 4.91. The Labute approximate surface area is 150 Å². The highest BCUT2D eigenvalue weighted by molar-refractivity contribution is 6.36. The quantitative estimate of drug-likeness (QED) is 0.573. The number of carbonyl (C=O) groups excluding carboxylic acids is 2. The van der Waals surface area contributed by atoms with Crippen molar-refractivity contribution in [2.75, 3.05) is 6.61 Å². The van der Waals surface area contributed by atoms with E-state index < -0.39 is 5.97 Å². The molecule has 1 aliphatic carbocycles. The van der Waals surface area contributed by atoms with Crippen LogP contribution in [-0.4, -0.2) is 18.4 Å². The number of benzene rings is 2. The van der Waals surface area contributed by atoms with E-state index in [9.17, 15) is 9.59 Å². The number of rotatable bonds is 4. The summed E-state index contributed by atoms with van der Waals surface area (Å²) in [5.74, 6) is -0.857. The molecule has 0 aliphatic heterocycles. The van der Waals surface area contributed by atoms with Crippen molar-refractivity contribution in [1.29, 1.82) is 0 Å². The monoisotopic (exact) mass is 362 g/mol. The van der Waals surface area contributed by atoms with Gasteiger partial charge in [0, 0.05) is 10.6 Å². The molecule has 0 aromatic heterocycles. The molecule has 24 heavy (non-hydrogen) atoms. The number of Topliss-reactive ketones (excluding diaryl/α,β-unsaturated/α-hetero) is 1. The van der Waals surface area contributed by atoms with Gasteiger partial charge in [0.2, 0.25) is 0 Å². The average Bonchev–Trinajstić information content (AvgIpc) is 2.59. The fourth-order valence-corrected chi connectivity index (χ4v) is 3.34. The minimum Gasteiger partial charge on any atom is -0.454 e. The van der Waals surface area contributed by atoms with Crippen LogP contribution in [0.15, 0.2) is 36.4 Å². The normalized spacial score (nSPS) is 13.2. The Bertz CT molecular complexity index is 799. The van der Waals surface area contributed by atoms with E-state index >= 15 is 0 Å². The summed E-state index contributed by atoms with van der Waals surface area (Å²) in [5, 5.41) is 0.635. The smallest absolute Gasteiger partial charge is 0.340 e. The number of halogens is 2. The van der Waals surface area contributed by atoms with Gasteiger partial charge in [0.05, 0.1) is 10.6 Å². The Balaban J connectivity index is 1.66. The third kappa shape index (κ3) is 3.80. The molecule has 3 nitrogen and oxygen atoms in total. The topological polar surface area (TPSA) is 43.4 Å². The number of fused-ring (bicyclic) bond motifs is 1. The molecule has 2 aromatic rings. The van der Waals surface area contributed by atoms with Crippen LogP contribution in [0.25, 0.3) is 0 Å². The molecule has 0 spiro atoms. The molecule has 5 heteroatoms. The van der Waals surface area contributed by atoms with Gasteiger partial charge in [0.15, 0.2) is 12.4 Å². The van der Waals surface area contributed by atoms with Crippen molar-refractivity contribution in [3.8, 4) is 0 Å². The molecule has 0 fully saturated rings. The molecule has 2 aromatic carbocycles. The molecule has 0 saturated carbocycles. The van der Waals surface area contributed by atoms with E-state index in [0.717, 1.165) is 19.3 Å². The summed E-state index contributed by atoms with van der Waals surface area (Å²) in [4.78, 5) is 24.3. The molecule has 124 valence electrons. The zero-order valence-corrected chi connectivity index (χ0v) is 14.5. The minimum atomic E-state index is -0.636. The first kappa shape index (κ1) is 17.0. The number of aryl methyl sites for hydroxylation is 2. The van der Waals surface area contributed by atoms with Gasteiger partial charge in [-0.15, -0.1) is 0 Å². The Morgan fingerprint density at radius 1 is 0.958 bits per heavy atom. The van der Waals surface area contributed by atoms with Crippen LogP contribution >= 0.6 is 23.2 Å². The summed E-state index contributed by atoms with van der Waals surface area (Å²) in [6.45, 7) is -0.309. The summed E-state index contributed by atoms with van der Waals surface area (Å²) in [6, 6.07) is 10.2. The van der Waals surface area contributed by atoms with Gasteiger partial charge in [-0.2, -0.15) is 0 Å². The van der Waals surface area contributed by atoms with Crippen LogP contribution < -0.4 is 0 Å². The maximum absolute atomic E-state index is 12.3. The van der Waals surface area contributed by atoms with E-state index in [1.165, 1.54) is 29.7 Å². The third-order valence-electron chi connectivity index (χ3n) is 4.16. The Kier molecular flexibility index (Phi) is 5.22. The second-order valence-corrected chi connectivity index (χ2v) is 6.66. The maximum Gasteiger partial charge on any atom is 0.340 e. The van der Waals surface area contributed by atoms with Crippen molar-refractivity contribution in [1.82, 2.24) is 0 Å². The molecule has 0 heterocycles. The fourth-order valence-electron chi connectivity index (χ4n) is 2.85. The number of hydrogen-bond acceptors (Lipinski definition) is 3. The lowest BCUT2D eigenvalue weighted by molar-refractivity contribution is 0.0475. The molecule has 0 atom stereocenters. The van der Waals surface area contributed by atoms with Crippen molar-refractivity contribution in [2.24, 2.45) is 0 Å². The summed E-state index contributed by atoms with van der Waals surface area (Å²) in [7, 11) is 0. The molecule has 0 amide bonds. The minimum absolute atomic E-state index is 0.194. The second kappa shape index (κ2) is 7.37. The van der Waals surface area contributed by atoms with Crippen molar-refractivity contribution in [3.63, 3.8) is 0 Å². The van der Waals surface area contributed by atoms with Crippen molar-refractivity contribution in [3.05, 3.63) is 68.7 Å². The maximum atomic E-state index is 12.3. The number of ketones is 1. The summed E-state index contributed by atoms with van der Waals surface area (Å²) >= 11 is 11.8. The molecule has 1 aliphatic rings. The predicted molar refractivity (Wildman–Crippen MR) is 94.2 cm³/mol. The van der Waals surface area contributed by atoms with Crippen LogP contribution in [0.3, 0.4) is 0 Å². The summed E-state index contributed by atoms with van der Waals surface area (Å²) in [5.41, 5.74) is 3.30. The van der Waals surface area contributed by atoms with E-state index in [4.69, 9.17) is 27.9 Å². The second-order valence-electron chi connectivity index (χ2n) is 5.81. The highest BCUT2D eigenvalue weighted by Crippen LogP contribution is 2.23. The molecule has 0 bridgehead atoms. The lowest BCUT2D eigenvalue weighted by atomic mass is 9.90. The molecule has 3 rings (SSSR count). The number of ether oxygens (including phenoxy) is 1. The van der Waals surface area contributed by atoms with E-state index in [-0.39, 0.29) is 23.0 Å². The summed E-state index contributed by atoms with van der Waals surface area (Å²) in [6.07, 6.45) is 4.40. The van der Waals surface area contributed by atoms with E-state index in [1.54, 1.807) is 12.1 Å². The van der Waals surface area contributed by atoms with Crippen molar-refractivity contribution < 1.29 is 14.3 Å². The zero-order chi connectivity index (χ0) is 17.1. The van der Waals surface area contributed by atoms with Gasteiger partial charge in [-0.3, -0.25) is 4.79 Å². The highest BCUT2D eigenvalue weighted by atomic mass is 35.5. The van der Waals surface area contributed by atoms with Gasteiger partial charge in [0.25, 0.3) is 0 Å². The number of carbonyl (C=O) groups is 2. The zero-order valence-electron chi connectivity index (χ0n) is 13.0. The first-order chi connectivity index (χ1) is 11.5. The van der Waals surface area contributed by atoms with Gasteiger partial charge >= 0.3 is 5.97 Å². The molecule has 0 unspecified atom stereocenters. The molecule has 0 radical (unpaired) electrons. The molecular formula is C19H16Cl2O3. The fraction of sp³-hybridized carbons (Fsp3) is 0.263. The lowest BCUT2D eigenvalue weighted by Gasteiger charge is -2.16. The van der Waals surface area contributed by atoms with E-state index in [2.05, 4.69) is 0 Å². The van der Waals surface area contributed by atoms with E-state index in [0.29, 0.717) is 10.6 Å². The van der Waals surface area contributed by atoms with Gasteiger partial charge in [0.1, 0.15) is 0 Å². The van der Waals surface area contributed by atoms with Crippen LogP contribution in [0.2, 0.25) is 10.0 Å². The van der Waals surface area contributed by atoms with Gasteiger partial charge in [-0.1, -0.05) is 35.3 Å². The largest absolute Gasteiger partial charge is 0.454 e. The SMILES string of the molecule is O=C(COC(=O)c1ccc(Cl)cc1Cl)c1ccc2c(c1)CCCC2. The lowest BCUT2D eigenvalue weighted by Crippen LogP contribution is -2.15. The van der Waals surface area contributed by atoms with Crippen molar-refractivity contribution in [2.45, 2.75) is 25.7 Å². The Morgan fingerprint density at radius 3 is 2.46 bits per heavy atom. The standard InChI is InChI=1S/C19H16Cl2O3/c20-15-7-8-16(17(21)10-15)19(23)24-11-18(22)14-6-5-12-3-1-2-4-13(12)9-14/h5-10H,1-4,11H2. The molecular weight excluding hydrogens is 347 g/mol. The van der Waals surface area contributed by atoms with Crippen LogP contribution in [0.4, 0.5) is 0 Å². The first-order valence-corrected chi connectivity index (χ1v) is 8.57. The molecule has 0 saturated heterocycles. The van der Waals surface area contributed by atoms with Crippen LogP contribution in [0, 0.1) is 0 Å².